The molecule has 5 aliphatic rings. The Balaban J connectivity index is 1.29. The number of carbonyl (C=O) groups excluding carboxylic acids is 4. The van der Waals surface area contributed by atoms with Crippen LogP contribution in [0.1, 0.15) is 136 Å². The van der Waals surface area contributed by atoms with E-state index in [1.165, 1.54) is 12.0 Å². The molecule has 3 fully saturated rings. The Labute approximate surface area is 352 Å². The van der Waals surface area contributed by atoms with Gasteiger partial charge in [-0.05, 0) is 88.8 Å². The number of fused-ring (bicyclic) bond motifs is 5. The van der Waals surface area contributed by atoms with Crippen molar-refractivity contribution in [3.05, 3.63) is 41.6 Å². The molecule has 7 unspecified atom stereocenters. The number of allylic oxidation sites excluding steroid dienone is 1. The molecule has 0 bridgehead atoms. The summed E-state index contributed by atoms with van der Waals surface area (Å²) in [7, 11) is -2.53. The molecular weight excluding hydrogens is 794 g/mol. The first-order valence-corrected chi connectivity index (χ1v) is 23.0. The van der Waals surface area contributed by atoms with E-state index in [2.05, 4.69) is 15.4 Å². The zero-order valence-electron chi connectivity index (χ0n) is 35.8. The topological polar surface area (TPSA) is 182 Å². The van der Waals surface area contributed by atoms with E-state index in [4.69, 9.17) is 19.2 Å². The van der Waals surface area contributed by atoms with Crippen LogP contribution in [0.5, 0.6) is 11.5 Å². The van der Waals surface area contributed by atoms with E-state index in [0.717, 1.165) is 12.8 Å². The number of hydrogen-bond acceptors (Lipinski definition) is 10. The molecule has 4 amide bonds. The van der Waals surface area contributed by atoms with Gasteiger partial charge in [0, 0.05) is 29.7 Å². The smallest absolute Gasteiger partial charge is 0.408 e. The monoisotopic (exact) mass is 853 g/mol. The molecule has 14 nitrogen and oxygen atoms in total. The fourth-order valence-electron chi connectivity index (χ4n) is 8.95. The summed E-state index contributed by atoms with van der Waals surface area (Å²) in [5, 5.41) is 6.26. The fourth-order valence-corrected chi connectivity index (χ4v) is 10.3. The quantitative estimate of drug-likeness (QED) is 0.251. The molecule has 0 radical (unpaired) electrons. The van der Waals surface area contributed by atoms with Gasteiger partial charge in [-0.2, -0.15) is 0 Å². The number of alkyl halides is 1. The first-order chi connectivity index (χ1) is 28.3. The van der Waals surface area contributed by atoms with Crippen molar-refractivity contribution in [3.8, 4) is 11.5 Å². The number of ether oxygens (including phenoxy) is 3. The molecule has 2 saturated carbocycles. The summed E-state index contributed by atoms with van der Waals surface area (Å²) in [5.41, 5.74) is -1.62. The van der Waals surface area contributed by atoms with Crippen LogP contribution in [0.25, 0.3) is 10.9 Å². The van der Waals surface area contributed by atoms with Crippen molar-refractivity contribution < 1.29 is 46.2 Å². The third-order valence-corrected chi connectivity index (χ3v) is 15.7. The predicted molar refractivity (Wildman–Crippen MR) is 223 cm³/mol. The van der Waals surface area contributed by atoms with Crippen LogP contribution in [0.15, 0.2) is 30.4 Å². The third-order valence-electron chi connectivity index (χ3n) is 13.5. The summed E-state index contributed by atoms with van der Waals surface area (Å²) in [6.07, 6.45) is 5.14. The predicted octanol–water partition coefficient (Wildman–Crippen LogP) is 6.42. The minimum absolute atomic E-state index is 0.0179. The molecule has 328 valence electrons. The summed E-state index contributed by atoms with van der Waals surface area (Å²) >= 11 is 0. The fraction of sp³-hybridized carbons (Fsp3) is 0.659. The van der Waals surface area contributed by atoms with Gasteiger partial charge in [-0.25, -0.2) is 22.6 Å². The number of benzene rings is 1. The van der Waals surface area contributed by atoms with Crippen LogP contribution in [0.3, 0.4) is 0 Å². The maximum absolute atomic E-state index is 17.1. The van der Waals surface area contributed by atoms with Crippen LogP contribution in [0.2, 0.25) is 0 Å². The van der Waals surface area contributed by atoms with Gasteiger partial charge in [0.1, 0.15) is 47.0 Å². The average Bonchev–Trinajstić information content (AvgIpc) is 3.85. The van der Waals surface area contributed by atoms with E-state index in [0.29, 0.717) is 60.0 Å². The van der Waals surface area contributed by atoms with Gasteiger partial charge in [0.25, 0.3) is 5.91 Å². The van der Waals surface area contributed by atoms with E-state index < -0.39 is 80.0 Å². The second-order valence-electron chi connectivity index (χ2n) is 18.5. The molecule has 2 aromatic rings. The largest absolute Gasteiger partial charge is 0.497 e. The van der Waals surface area contributed by atoms with E-state index in [1.54, 1.807) is 32.0 Å². The number of aromatic nitrogens is 1. The lowest BCUT2D eigenvalue weighted by molar-refractivity contribution is -0.144. The van der Waals surface area contributed by atoms with E-state index >= 15 is 4.39 Å². The molecule has 7 atom stereocenters. The van der Waals surface area contributed by atoms with Crippen LogP contribution in [-0.2, 0) is 29.1 Å². The molecule has 1 aromatic carbocycles. The molecule has 1 aromatic heterocycles. The van der Waals surface area contributed by atoms with Gasteiger partial charge in [-0.3, -0.25) is 19.1 Å². The highest BCUT2D eigenvalue weighted by molar-refractivity contribution is 7.91. The number of hydrogen-bond donors (Lipinski definition) is 3. The Morgan fingerprint density at radius 2 is 1.80 bits per heavy atom. The second kappa shape index (κ2) is 16.4. The normalized spacial score (nSPS) is 29.5. The van der Waals surface area contributed by atoms with Gasteiger partial charge >= 0.3 is 6.09 Å². The van der Waals surface area contributed by atoms with Gasteiger partial charge < -0.3 is 29.7 Å². The maximum Gasteiger partial charge on any atom is 0.408 e. The number of pyridine rings is 1. The lowest BCUT2D eigenvalue weighted by Gasteiger charge is -2.48. The average molecular weight is 854 g/mol. The Morgan fingerprint density at radius 1 is 1.05 bits per heavy atom. The number of nitrogens with one attached hydrogen (secondary N) is 3. The number of amides is 4. The van der Waals surface area contributed by atoms with Gasteiger partial charge in [0.2, 0.25) is 21.8 Å². The first-order valence-electron chi connectivity index (χ1n) is 21.5. The highest BCUT2D eigenvalue weighted by atomic mass is 32.2. The standard InChI is InChI=1S/C44H60FN5O9S/c1-25(2)27(5)58-41(54)47-33-14-12-10-8-9-11-13-28-17-18-44(28,40(53)49-60(55,56)42(6)19-20-42)48-38(51)34-23-43(24-50(34)39(33)52)22-31(45)35-30-21-29(57-7)15-16-32(30)46-36(26(3)4)37(35)59-43/h11,13,15-16,21,25-28,31,33-34H,8-10,12,14,17-20,22-24H2,1-7H3,(H,47,54)(H,48,51)(H,49,53). The first kappa shape index (κ1) is 43.6. The molecule has 60 heavy (non-hydrogen) atoms. The van der Waals surface area contributed by atoms with Crippen LogP contribution in [-0.4, -0.2) is 89.8 Å². The molecule has 7 rings (SSSR count). The van der Waals surface area contributed by atoms with E-state index in [-0.39, 0.29) is 49.8 Å². The number of alkyl carbamates (subject to hydrolysis) is 1. The van der Waals surface area contributed by atoms with E-state index in [9.17, 15) is 27.6 Å². The van der Waals surface area contributed by atoms with Crippen LogP contribution < -0.4 is 24.8 Å². The highest BCUT2D eigenvalue weighted by Crippen LogP contribution is 2.52. The highest BCUT2D eigenvalue weighted by Gasteiger charge is 2.60. The van der Waals surface area contributed by atoms with Gasteiger partial charge in [-0.15, -0.1) is 0 Å². The SMILES string of the molecule is COc1ccc2nc(C(C)C)c3c(c2c1)C(F)CC1(CC2C(=O)NC4(C(=O)NS(=O)(=O)C5(C)CC5)CCC4C=CCCCCCC(NC(=O)OC(C)C(C)C)C(=O)N2C1)O3. The Hall–Kier alpha value is -4.47. The van der Waals surface area contributed by atoms with Crippen LogP contribution in [0.4, 0.5) is 9.18 Å². The molecule has 3 aliphatic heterocycles. The number of rotatable bonds is 8. The van der Waals surface area contributed by atoms with Crippen molar-refractivity contribution in [1.29, 1.82) is 0 Å². The zero-order valence-corrected chi connectivity index (χ0v) is 36.6. The molecular formula is C44H60FN5O9S. The van der Waals surface area contributed by atoms with Gasteiger partial charge in [0.05, 0.1) is 29.6 Å². The van der Waals surface area contributed by atoms with E-state index in [1.807, 2.05) is 39.8 Å². The van der Waals surface area contributed by atoms with Crippen molar-refractivity contribution in [1.82, 2.24) is 25.2 Å². The molecule has 1 spiro atoms. The minimum Gasteiger partial charge on any atom is -0.497 e. The van der Waals surface area contributed by atoms with Gasteiger partial charge in [-0.1, -0.05) is 52.7 Å². The number of methoxy groups -OCH3 is 1. The summed E-state index contributed by atoms with van der Waals surface area (Å²) in [4.78, 5) is 63.6. The number of nitrogens with zero attached hydrogens (tertiary/aromatic N) is 2. The van der Waals surface area contributed by atoms with Crippen molar-refractivity contribution >= 4 is 44.7 Å². The number of sulfonamides is 1. The van der Waals surface area contributed by atoms with Crippen LogP contribution >= 0.6 is 0 Å². The summed E-state index contributed by atoms with van der Waals surface area (Å²) < 4.78 is 63.1. The third kappa shape index (κ3) is 8.16. The summed E-state index contributed by atoms with van der Waals surface area (Å²) in [6, 6.07) is 2.88. The van der Waals surface area contributed by atoms with Crippen molar-refractivity contribution in [2.24, 2.45) is 11.8 Å². The summed E-state index contributed by atoms with van der Waals surface area (Å²) in [6.45, 7) is 10.8. The zero-order chi connectivity index (χ0) is 43.4. The maximum atomic E-state index is 17.1. The molecule has 3 N–H and O–H groups in total. The van der Waals surface area contributed by atoms with Crippen molar-refractivity contribution in [2.75, 3.05) is 13.7 Å². The number of carbonyl (C=O) groups is 4. The van der Waals surface area contributed by atoms with Crippen molar-refractivity contribution in [2.45, 2.75) is 158 Å². The van der Waals surface area contributed by atoms with Crippen molar-refractivity contribution in [3.63, 3.8) is 0 Å². The Kier molecular flexibility index (Phi) is 11.9. The second-order valence-corrected chi connectivity index (χ2v) is 20.7. The lowest BCUT2D eigenvalue weighted by atomic mass is 9.65. The molecule has 4 heterocycles. The lowest BCUT2D eigenvalue weighted by Crippen LogP contribution is -2.70. The molecule has 2 aliphatic carbocycles. The Morgan fingerprint density at radius 3 is 2.45 bits per heavy atom. The Bertz CT molecular complexity index is 2180. The van der Waals surface area contributed by atoms with Gasteiger partial charge in [0.15, 0.2) is 0 Å². The van der Waals surface area contributed by atoms with Crippen LogP contribution in [0, 0.1) is 11.8 Å². The molecule has 16 heteroatoms. The number of halogens is 1. The summed E-state index contributed by atoms with van der Waals surface area (Å²) in [5.74, 6) is -2.02. The molecule has 1 saturated heterocycles. The minimum atomic E-state index is -4.06.